The molecule has 5 nitrogen and oxygen atoms in total. The standard InChI is InChI=1S/C18H20N4OS/c1-12-9-13(2)22(20-12)16-7-5-15(6-8-16)18(23)21(4)14(3)17-10-19-11-24-17/h5-11,14H,1-4H3/t14-/m0/s1. The monoisotopic (exact) mass is 340 g/mol. The van der Waals surface area contributed by atoms with Crippen LogP contribution in [-0.2, 0) is 0 Å². The molecule has 124 valence electrons. The molecular formula is C18H20N4OS. The number of aryl methyl sites for hydroxylation is 2. The van der Waals surface area contributed by atoms with Crippen molar-refractivity contribution >= 4 is 17.2 Å². The fourth-order valence-corrected chi connectivity index (χ4v) is 3.36. The van der Waals surface area contributed by atoms with Gasteiger partial charge in [-0.2, -0.15) is 5.10 Å². The highest BCUT2D eigenvalue weighted by Gasteiger charge is 2.20. The maximum absolute atomic E-state index is 12.7. The van der Waals surface area contributed by atoms with Crippen molar-refractivity contribution in [2.24, 2.45) is 0 Å². The summed E-state index contributed by atoms with van der Waals surface area (Å²) in [4.78, 5) is 19.6. The van der Waals surface area contributed by atoms with E-state index in [1.807, 2.05) is 69.0 Å². The van der Waals surface area contributed by atoms with Gasteiger partial charge < -0.3 is 4.90 Å². The van der Waals surface area contributed by atoms with Crippen LogP contribution in [0.5, 0.6) is 0 Å². The largest absolute Gasteiger partial charge is 0.334 e. The van der Waals surface area contributed by atoms with E-state index in [9.17, 15) is 4.79 Å². The molecule has 0 saturated heterocycles. The van der Waals surface area contributed by atoms with E-state index in [1.165, 1.54) is 0 Å². The zero-order chi connectivity index (χ0) is 17.3. The van der Waals surface area contributed by atoms with E-state index >= 15 is 0 Å². The number of carbonyl (C=O) groups is 1. The maximum atomic E-state index is 12.7. The Morgan fingerprint density at radius 3 is 2.50 bits per heavy atom. The van der Waals surface area contributed by atoms with Gasteiger partial charge in [0.05, 0.1) is 22.9 Å². The number of nitrogens with zero attached hydrogens (tertiary/aromatic N) is 4. The molecule has 1 aromatic carbocycles. The van der Waals surface area contributed by atoms with Crippen molar-refractivity contribution in [3.05, 3.63) is 63.9 Å². The Balaban J connectivity index is 1.80. The van der Waals surface area contributed by atoms with Gasteiger partial charge in [-0.3, -0.25) is 9.78 Å². The first kappa shape index (κ1) is 16.4. The maximum Gasteiger partial charge on any atom is 0.254 e. The molecule has 2 aromatic heterocycles. The number of amides is 1. The van der Waals surface area contributed by atoms with Crippen LogP contribution >= 0.6 is 11.3 Å². The summed E-state index contributed by atoms with van der Waals surface area (Å²) in [5, 5.41) is 4.47. The highest BCUT2D eigenvalue weighted by atomic mass is 32.1. The van der Waals surface area contributed by atoms with E-state index < -0.39 is 0 Å². The Bertz CT molecular complexity index is 837. The van der Waals surface area contributed by atoms with Crippen LogP contribution in [0.15, 0.2) is 42.0 Å². The van der Waals surface area contributed by atoms with Gasteiger partial charge in [-0.25, -0.2) is 4.68 Å². The first-order valence-corrected chi connectivity index (χ1v) is 8.64. The number of thiazole rings is 1. The van der Waals surface area contributed by atoms with Crippen LogP contribution in [-0.4, -0.2) is 32.6 Å². The molecule has 2 heterocycles. The molecule has 0 N–H and O–H groups in total. The molecule has 1 amide bonds. The second-order valence-electron chi connectivity index (χ2n) is 5.88. The highest BCUT2D eigenvalue weighted by molar-refractivity contribution is 7.09. The van der Waals surface area contributed by atoms with Gasteiger partial charge in [0, 0.05) is 29.4 Å². The number of carbonyl (C=O) groups excluding carboxylic acids is 1. The zero-order valence-electron chi connectivity index (χ0n) is 14.2. The Morgan fingerprint density at radius 1 is 1.25 bits per heavy atom. The molecule has 0 fully saturated rings. The van der Waals surface area contributed by atoms with E-state index in [0.717, 1.165) is 22.0 Å². The SMILES string of the molecule is Cc1cc(C)n(-c2ccc(C(=O)N(C)[C@@H](C)c3cncs3)cc2)n1. The van der Waals surface area contributed by atoms with Crippen molar-refractivity contribution < 1.29 is 4.79 Å². The number of hydrogen-bond donors (Lipinski definition) is 0. The van der Waals surface area contributed by atoms with Crippen LogP contribution in [0.2, 0.25) is 0 Å². The van der Waals surface area contributed by atoms with Gasteiger partial charge in [-0.1, -0.05) is 0 Å². The summed E-state index contributed by atoms with van der Waals surface area (Å²) >= 11 is 1.56. The van der Waals surface area contributed by atoms with Crippen molar-refractivity contribution in [1.82, 2.24) is 19.7 Å². The van der Waals surface area contributed by atoms with E-state index in [2.05, 4.69) is 10.1 Å². The van der Waals surface area contributed by atoms with Crippen LogP contribution in [0.3, 0.4) is 0 Å². The lowest BCUT2D eigenvalue weighted by Crippen LogP contribution is -2.29. The lowest BCUT2D eigenvalue weighted by Gasteiger charge is -2.24. The average molecular weight is 340 g/mol. The highest BCUT2D eigenvalue weighted by Crippen LogP contribution is 2.24. The molecule has 0 aliphatic rings. The first-order valence-electron chi connectivity index (χ1n) is 7.76. The topological polar surface area (TPSA) is 51.0 Å². The van der Waals surface area contributed by atoms with Crippen LogP contribution in [0.4, 0.5) is 0 Å². The smallest absolute Gasteiger partial charge is 0.254 e. The summed E-state index contributed by atoms with van der Waals surface area (Å²) in [5.74, 6) is -0.00387. The molecule has 1 atom stereocenters. The van der Waals surface area contributed by atoms with Crippen molar-refractivity contribution in [3.63, 3.8) is 0 Å². The van der Waals surface area contributed by atoms with Crippen molar-refractivity contribution in [2.45, 2.75) is 26.8 Å². The quantitative estimate of drug-likeness (QED) is 0.726. The lowest BCUT2D eigenvalue weighted by atomic mass is 10.1. The van der Waals surface area contributed by atoms with Crippen LogP contribution < -0.4 is 0 Å². The normalized spacial score (nSPS) is 12.2. The second-order valence-corrected chi connectivity index (χ2v) is 6.80. The molecule has 0 radical (unpaired) electrons. The predicted molar refractivity (Wildman–Crippen MR) is 95.7 cm³/mol. The van der Waals surface area contributed by atoms with Gasteiger partial charge >= 0.3 is 0 Å². The molecule has 0 spiro atoms. The molecule has 3 rings (SSSR count). The lowest BCUT2D eigenvalue weighted by molar-refractivity contribution is 0.0745. The fourth-order valence-electron chi connectivity index (χ4n) is 2.64. The summed E-state index contributed by atoms with van der Waals surface area (Å²) in [6.07, 6.45) is 1.81. The molecule has 0 bridgehead atoms. The third kappa shape index (κ3) is 3.10. The molecule has 24 heavy (non-hydrogen) atoms. The van der Waals surface area contributed by atoms with Crippen LogP contribution in [0, 0.1) is 13.8 Å². The Kier molecular flexibility index (Phi) is 4.49. The van der Waals surface area contributed by atoms with E-state index in [0.29, 0.717) is 5.56 Å². The minimum absolute atomic E-state index is 0.000635. The van der Waals surface area contributed by atoms with Crippen molar-refractivity contribution in [1.29, 1.82) is 0 Å². The summed E-state index contributed by atoms with van der Waals surface area (Å²) in [6.45, 7) is 6.00. The molecule has 0 unspecified atom stereocenters. The number of aromatic nitrogens is 3. The summed E-state index contributed by atoms with van der Waals surface area (Å²) in [5.41, 5.74) is 5.45. The summed E-state index contributed by atoms with van der Waals surface area (Å²) in [7, 11) is 1.82. The van der Waals surface area contributed by atoms with Gasteiger partial charge in [-0.05, 0) is 51.1 Å². The van der Waals surface area contributed by atoms with Crippen molar-refractivity contribution in [3.8, 4) is 5.69 Å². The predicted octanol–water partition coefficient (Wildman–Crippen LogP) is 3.78. The number of rotatable bonds is 4. The number of hydrogen-bond acceptors (Lipinski definition) is 4. The van der Waals surface area contributed by atoms with E-state index in [-0.39, 0.29) is 11.9 Å². The average Bonchev–Trinajstić information content (AvgIpc) is 3.22. The van der Waals surface area contributed by atoms with Gasteiger partial charge in [0.25, 0.3) is 5.91 Å². The third-order valence-corrected chi connectivity index (χ3v) is 5.08. The summed E-state index contributed by atoms with van der Waals surface area (Å²) in [6, 6.07) is 9.59. The van der Waals surface area contributed by atoms with Crippen molar-refractivity contribution in [2.75, 3.05) is 7.05 Å². The Morgan fingerprint density at radius 2 is 1.96 bits per heavy atom. The molecule has 0 aliphatic carbocycles. The van der Waals surface area contributed by atoms with E-state index in [4.69, 9.17) is 0 Å². The Hall–Kier alpha value is -2.47. The second kappa shape index (κ2) is 6.57. The van der Waals surface area contributed by atoms with E-state index in [1.54, 1.807) is 21.7 Å². The molecule has 3 aromatic rings. The van der Waals surface area contributed by atoms with Gasteiger partial charge in [0.15, 0.2) is 0 Å². The minimum atomic E-state index is -0.00387. The molecule has 0 aliphatic heterocycles. The van der Waals surface area contributed by atoms with Crippen LogP contribution in [0.25, 0.3) is 5.69 Å². The third-order valence-electron chi connectivity index (χ3n) is 4.13. The summed E-state index contributed by atoms with van der Waals surface area (Å²) < 4.78 is 1.88. The first-order chi connectivity index (χ1) is 11.5. The van der Waals surface area contributed by atoms with Gasteiger partial charge in [0.2, 0.25) is 0 Å². The molecular weight excluding hydrogens is 320 g/mol. The number of benzene rings is 1. The zero-order valence-corrected chi connectivity index (χ0v) is 15.0. The molecule has 0 saturated carbocycles. The van der Waals surface area contributed by atoms with Crippen LogP contribution in [0.1, 0.15) is 39.6 Å². The minimum Gasteiger partial charge on any atom is -0.334 e. The Labute approximate surface area is 145 Å². The fraction of sp³-hybridized carbons (Fsp3) is 0.278. The van der Waals surface area contributed by atoms with Gasteiger partial charge in [0.1, 0.15) is 0 Å². The van der Waals surface area contributed by atoms with Gasteiger partial charge in [-0.15, -0.1) is 11.3 Å². The molecule has 6 heteroatoms.